The highest BCUT2D eigenvalue weighted by molar-refractivity contribution is 6.30. The number of nitrogens with zero attached hydrogens (tertiary/aromatic N) is 2. The van der Waals surface area contributed by atoms with E-state index in [9.17, 15) is 9.18 Å². The summed E-state index contributed by atoms with van der Waals surface area (Å²) in [6.45, 7) is 4.75. The number of ether oxygens (including phenoxy) is 3. The first kappa shape index (κ1) is 23.2. The molecule has 2 heterocycles. The summed E-state index contributed by atoms with van der Waals surface area (Å²) in [4.78, 5) is 19.6. The molecule has 1 aromatic heterocycles. The van der Waals surface area contributed by atoms with Gasteiger partial charge in [0.1, 0.15) is 11.5 Å². The van der Waals surface area contributed by atoms with Crippen LogP contribution in [-0.2, 0) is 4.74 Å². The van der Waals surface area contributed by atoms with Crippen molar-refractivity contribution in [2.45, 2.75) is 6.42 Å². The summed E-state index contributed by atoms with van der Waals surface area (Å²) in [5.74, 6) is -0.0556. The first-order chi connectivity index (χ1) is 16.0. The minimum atomic E-state index is -0.584. The van der Waals surface area contributed by atoms with Crippen molar-refractivity contribution in [1.29, 1.82) is 0 Å². The summed E-state index contributed by atoms with van der Waals surface area (Å²) in [7, 11) is 1.50. The molecule has 0 radical (unpaired) electrons. The first-order valence-electron chi connectivity index (χ1n) is 10.7. The van der Waals surface area contributed by atoms with E-state index >= 15 is 0 Å². The van der Waals surface area contributed by atoms with Crippen molar-refractivity contribution in [3.63, 3.8) is 0 Å². The molecule has 0 aliphatic carbocycles. The molecule has 2 aromatic carbocycles. The Morgan fingerprint density at radius 1 is 1.18 bits per heavy atom. The third-order valence-corrected chi connectivity index (χ3v) is 5.66. The highest BCUT2D eigenvalue weighted by Crippen LogP contribution is 2.34. The molecule has 1 aliphatic heterocycles. The molecule has 174 valence electrons. The van der Waals surface area contributed by atoms with E-state index in [0.29, 0.717) is 34.5 Å². The Morgan fingerprint density at radius 2 is 2.00 bits per heavy atom. The number of nitrogens with one attached hydrogen (secondary N) is 1. The van der Waals surface area contributed by atoms with Gasteiger partial charge in [0, 0.05) is 42.3 Å². The van der Waals surface area contributed by atoms with Gasteiger partial charge in [-0.2, -0.15) is 0 Å². The number of carbonyl (C=O) groups excluding carboxylic acids is 1. The van der Waals surface area contributed by atoms with Gasteiger partial charge in [-0.25, -0.2) is 4.39 Å². The van der Waals surface area contributed by atoms with Gasteiger partial charge in [-0.3, -0.25) is 14.7 Å². The molecular weight excluding hydrogens is 449 g/mol. The zero-order chi connectivity index (χ0) is 23.2. The number of hydrogen-bond acceptors (Lipinski definition) is 6. The van der Waals surface area contributed by atoms with E-state index in [1.54, 1.807) is 30.5 Å². The zero-order valence-corrected chi connectivity index (χ0v) is 19.0. The van der Waals surface area contributed by atoms with Crippen LogP contribution >= 0.6 is 11.6 Å². The lowest BCUT2D eigenvalue weighted by molar-refractivity contribution is 0.0374. The number of rotatable bonds is 8. The quantitative estimate of drug-likeness (QED) is 0.492. The summed E-state index contributed by atoms with van der Waals surface area (Å²) in [5, 5.41) is 3.79. The average molecular weight is 474 g/mol. The van der Waals surface area contributed by atoms with E-state index in [4.69, 9.17) is 25.8 Å². The van der Waals surface area contributed by atoms with Gasteiger partial charge in [-0.15, -0.1) is 0 Å². The summed E-state index contributed by atoms with van der Waals surface area (Å²) in [6.07, 6.45) is 2.38. The van der Waals surface area contributed by atoms with E-state index in [1.165, 1.54) is 19.2 Å². The summed E-state index contributed by atoms with van der Waals surface area (Å²) >= 11 is 5.83. The molecule has 1 N–H and O–H groups in total. The fourth-order valence-corrected chi connectivity index (χ4v) is 3.84. The maximum atomic E-state index is 14.3. The highest BCUT2D eigenvalue weighted by Gasteiger charge is 2.17. The first-order valence-corrected chi connectivity index (χ1v) is 11.1. The second-order valence-corrected chi connectivity index (χ2v) is 8.06. The molecule has 3 aromatic rings. The average Bonchev–Trinajstić information content (AvgIpc) is 2.83. The molecule has 9 heteroatoms. The lowest BCUT2D eigenvalue weighted by Crippen LogP contribution is -2.38. The van der Waals surface area contributed by atoms with Crippen LogP contribution in [0.25, 0.3) is 10.9 Å². The lowest BCUT2D eigenvalue weighted by atomic mass is 10.1. The third-order valence-electron chi connectivity index (χ3n) is 5.42. The van der Waals surface area contributed by atoms with Crippen molar-refractivity contribution in [3.05, 3.63) is 59.0 Å². The Kier molecular flexibility index (Phi) is 7.59. The van der Waals surface area contributed by atoms with Crippen molar-refractivity contribution in [2.24, 2.45) is 0 Å². The van der Waals surface area contributed by atoms with Gasteiger partial charge in [0.25, 0.3) is 5.91 Å². The van der Waals surface area contributed by atoms with Gasteiger partial charge in [-0.1, -0.05) is 11.6 Å². The standard InChI is InChI=1S/C24H25ClFN3O4/c1-31-23-15-20-17(21(5-7-27-20)33-22-4-3-16(25)13-19(22)26)14-18(23)24(30)28-6-2-8-29-9-11-32-12-10-29/h3-5,7,13-15H,2,6,8-12H2,1H3,(H,28,30). The summed E-state index contributed by atoms with van der Waals surface area (Å²) in [6, 6.07) is 9.12. The van der Waals surface area contributed by atoms with Crippen LogP contribution in [0.1, 0.15) is 16.8 Å². The van der Waals surface area contributed by atoms with Crippen molar-refractivity contribution in [2.75, 3.05) is 46.5 Å². The Balaban J connectivity index is 1.52. The molecule has 0 bridgehead atoms. The normalized spacial score (nSPS) is 14.3. The van der Waals surface area contributed by atoms with Gasteiger partial charge in [0.05, 0.1) is 31.4 Å². The van der Waals surface area contributed by atoms with Crippen LogP contribution in [-0.4, -0.2) is 62.3 Å². The van der Waals surface area contributed by atoms with Gasteiger partial charge in [0.15, 0.2) is 11.6 Å². The molecule has 0 atom stereocenters. The number of amides is 1. The Labute approximate surface area is 196 Å². The van der Waals surface area contributed by atoms with E-state index in [2.05, 4.69) is 15.2 Å². The van der Waals surface area contributed by atoms with Crippen molar-refractivity contribution < 1.29 is 23.4 Å². The van der Waals surface area contributed by atoms with E-state index < -0.39 is 5.82 Å². The van der Waals surface area contributed by atoms with Gasteiger partial charge in [0.2, 0.25) is 0 Å². The largest absolute Gasteiger partial charge is 0.496 e. The van der Waals surface area contributed by atoms with Crippen LogP contribution in [0.2, 0.25) is 5.02 Å². The van der Waals surface area contributed by atoms with Crippen LogP contribution in [0, 0.1) is 5.82 Å². The monoisotopic (exact) mass is 473 g/mol. The summed E-state index contributed by atoms with van der Waals surface area (Å²) < 4.78 is 30.8. The van der Waals surface area contributed by atoms with Crippen LogP contribution in [0.4, 0.5) is 4.39 Å². The maximum absolute atomic E-state index is 14.3. The van der Waals surface area contributed by atoms with Gasteiger partial charge in [-0.05, 0) is 43.3 Å². The van der Waals surface area contributed by atoms with E-state index in [-0.39, 0.29) is 16.7 Å². The minimum absolute atomic E-state index is 0.0248. The number of hydrogen-bond donors (Lipinski definition) is 1. The van der Waals surface area contributed by atoms with Gasteiger partial charge < -0.3 is 19.5 Å². The smallest absolute Gasteiger partial charge is 0.255 e. The van der Waals surface area contributed by atoms with Crippen molar-refractivity contribution in [3.8, 4) is 17.2 Å². The fraction of sp³-hybridized carbons (Fsp3) is 0.333. The number of fused-ring (bicyclic) bond motifs is 1. The molecule has 1 fully saturated rings. The molecule has 0 spiro atoms. The van der Waals surface area contributed by atoms with Crippen LogP contribution in [0.5, 0.6) is 17.2 Å². The fourth-order valence-electron chi connectivity index (χ4n) is 3.68. The Hall–Kier alpha value is -2.94. The van der Waals surface area contributed by atoms with Crippen molar-refractivity contribution >= 4 is 28.4 Å². The second-order valence-electron chi connectivity index (χ2n) is 7.62. The molecule has 1 amide bonds. The molecule has 1 saturated heterocycles. The SMILES string of the molecule is COc1cc2nccc(Oc3ccc(Cl)cc3F)c2cc1C(=O)NCCCN1CCOCC1. The second kappa shape index (κ2) is 10.8. The molecule has 0 saturated carbocycles. The molecule has 33 heavy (non-hydrogen) atoms. The number of carbonyl (C=O) groups is 1. The third kappa shape index (κ3) is 5.71. The van der Waals surface area contributed by atoms with E-state index in [1.807, 2.05) is 0 Å². The Morgan fingerprint density at radius 3 is 2.76 bits per heavy atom. The Bertz CT molecular complexity index is 1140. The molecule has 0 unspecified atom stereocenters. The zero-order valence-electron chi connectivity index (χ0n) is 18.3. The number of benzene rings is 2. The predicted octanol–water partition coefficient (Wildman–Crippen LogP) is 4.28. The number of halogens is 2. The maximum Gasteiger partial charge on any atom is 0.255 e. The van der Waals surface area contributed by atoms with Crippen LogP contribution in [0.15, 0.2) is 42.6 Å². The predicted molar refractivity (Wildman–Crippen MR) is 124 cm³/mol. The number of pyridine rings is 1. The molecule has 1 aliphatic rings. The summed E-state index contributed by atoms with van der Waals surface area (Å²) in [5.41, 5.74) is 0.911. The van der Waals surface area contributed by atoms with Crippen molar-refractivity contribution in [1.82, 2.24) is 15.2 Å². The number of aromatic nitrogens is 1. The molecule has 4 rings (SSSR count). The number of morpholine rings is 1. The lowest BCUT2D eigenvalue weighted by Gasteiger charge is -2.26. The van der Waals surface area contributed by atoms with E-state index in [0.717, 1.165) is 39.3 Å². The van der Waals surface area contributed by atoms with Gasteiger partial charge >= 0.3 is 0 Å². The van der Waals surface area contributed by atoms with Crippen LogP contribution < -0.4 is 14.8 Å². The minimum Gasteiger partial charge on any atom is -0.496 e. The number of methoxy groups -OCH3 is 1. The molecule has 7 nitrogen and oxygen atoms in total. The topological polar surface area (TPSA) is 72.9 Å². The highest BCUT2D eigenvalue weighted by atomic mass is 35.5. The van der Waals surface area contributed by atoms with Crippen LogP contribution in [0.3, 0.4) is 0 Å². The molecular formula is C24H25ClFN3O4.